The molecule has 8 nitrogen and oxygen atoms in total. The van der Waals surface area contributed by atoms with Crippen molar-refractivity contribution in [3.8, 4) is 29.1 Å². The number of pyridine rings is 1. The normalized spacial score (nSPS) is 12.0. The minimum absolute atomic E-state index is 0.0271. The van der Waals surface area contributed by atoms with E-state index in [-0.39, 0.29) is 17.1 Å². The molecule has 0 aliphatic heterocycles. The highest BCUT2D eigenvalue weighted by molar-refractivity contribution is 7.91. The van der Waals surface area contributed by atoms with Crippen LogP contribution in [-0.2, 0) is 27.7 Å². The summed E-state index contributed by atoms with van der Waals surface area (Å²) in [4.78, 5) is 9.59. The molecule has 0 aliphatic carbocycles. The zero-order valence-electron chi connectivity index (χ0n) is 22.1. The maximum atomic E-state index is 12.1. The molecule has 0 amide bonds. The Morgan fingerprint density at radius 1 is 1.08 bits per heavy atom. The van der Waals surface area contributed by atoms with Gasteiger partial charge < -0.3 is 9.47 Å². The number of rotatable bonds is 11. The van der Waals surface area contributed by atoms with Gasteiger partial charge in [-0.1, -0.05) is 32.6 Å². The van der Waals surface area contributed by atoms with Crippen LogP contribution in [0.4, 0.5) is 0 Å². The van der Waals surface area contributed by atoms with Gasteiger partial charge in [-0.3, -0.25) is 9.55 Å². The average molecular weight is 549 g/mol. The van der Waals surface area contributed by atoms with Crippen molar-refractivity contribution in [3.05, 3.63) is 66.4 Å². The van der Waals surface area contributed by atoms with E-state index >= 15 is 0 Å². The zero-order chi connectivity index (χ0) is 27.3. The standard InChI is InChI=1S/C28H32N4O4SSi/c1-5-37(33,34)23-11-9-22(10-12-23)36-27-19-25-26(18-21(27)13-14-29)32(20-35-16-17-38(2,3)4)28(31-25)24-8-6-7-15-30-24/h6-12,15,18-19H,5,13,16-17,20H2,1-4H3. The predicted molar refractivity (Wildman–Crippen MR) is 151 cm³/mol. The number of aromatic nitrogens is 3. The van der Waals surface area contributed by atoms with Gasteiger partial charge in [0, 0.05) is 32.5 Å². The van der Waals surface area contributed by atoms with Gasteiger partial charge >= 0.3 is 0 Å². The van der Waals surface area contributed by atoms with E-state index in [0.717, 1.165) is 17.3 Å². The quantitative estimate of drug-likeness (QED) is 0.166. The van der Waals surface area contributed by atoms with Gasteiger partial charge in [-0.15, -0.1) is 0 Å². The number of fused-ring (bicyclic) bond motifs is 1. The molecule has 0 spiro atoms. The van der Waals surface area contributed by atoms with Gasteiger partial charge in [-0.25, -0.2) is 13.4 Å². The van der Waals surface area contributed by atoms with Crippen molar-refractivity contribution in [3.63, 3.8) is 0 Å². The molecule has 0 N–H and O–H groups in total. The highest BCUT2D eigenvalue weighted by Gasteiger charge is 2.19. The minimum Gasteiger partial charge on any atom is -0.457 e. The third-order valence-corrected chi connectivity index (χ3v) is 9.56. The number of hydrogen-bond donors (Lipinski definition) is 0. The molecule has 10 heteroatoms. The molecule has 0 aliphatic rings. The molecule has 0 fully saturated rings. The molecule has 38 heavy (non-hydrogen) atoms. The van der Waals surface area contributed by atoms with Crippen LogP contribution in [0.2, 0.25) is 25.7 Å². The molecular weight excluding hydrogens is 516 g/mol. The van der Waals surface area contributed by atoms with Gasteiger partial charge in [0.2, 0.25) is 0 Å². The van der Waals surface area contributed by atoms with Crippen molar-refractivity contribution in [2.45, 2.75) is 50.7 Å². The van der Waals surface area contributed by atoms with Gasteiger partial charge in [0.15, 0.2) is 15.7 Å². The molecule has 2 aromatic heterocycles. The molecule has 4 aromatic rings. The Hall–Kier alpha value is -3.52. The van der Waals surface area contributed by atoms with Crippen LogP contribution < -0.4 is 4.74 Å². The summed E-state index contributed by atoms with van der Waals surface area (Å²) in [6.45, 7) is 9.52. The molecule has 4 rings (SSSR count). The summed E-state index contributed by atoms with van der Waals surface area (Å²) in [6.07, 6.45) is 1.86. The molecule has 0 bridgehead atoms. The first-order valence-electron chi connectivity index (χ1n) is 12.5. The Labute approximate surface area is 224 Å². The lowest BCUT2D eigenvalue weighted by atomic mass is 10.1. The Bertz CT molecular complexity index is 1560. The van der Waals surface area contributed by atoms with Crippen LogP contribution in [0.1, 0.15) is 12.5 Å². The van der Waals surface area contributed by atoms with Crippen molar-refractivity contribution in [2.75, 3.05) is 12.4 Å². The molecule has 2 aromatic carbocycles. The molecule has 0 unspecified atom stereocenters. The van der Waals surface area contributed by atoms with E-state index in [1.165, 1.54) is 12.1 Å². The second kappa shape index (κ2) is 11.5. The van der Waals surface area contributed by atoms with Gasteiger partial charge in [0.25, 0.3) is 0 Å². The lowest BCUT2D eigenvalue weighted by Crippen LogP contribution is -2.22. The third kappa shape index (κ3) is 6.48. The van der Waals surface area contributed by atoms with Gasteiger partial charge in [-0.2, -0.15) is 5.26 Å². The van der Waals surface area contributed by atoms with E-state index in [4.69, 9.17) is 14.5 Å². The SMILES string of the molecule is CCS(=O)(=O)c1ccc(Oc2cc3nc(-c4ccccn4)n(COCC[Si](C)(C)C)c3cc2CC#N)cc1. The highest BCUT2D eigenvalue weighted by atomic mass is 32.2. The van der Waals surface area contributed by atoms with Crippen molar-refractivity contribution in [1.82, 2.24) is 14.5 Å². The summed E-state index contributed by atoms with van der Waals surface area (Å²) in [5.41, 5.74) is 2.91. The smallest absolute Gasteiger partial charge is 0.178 e. The third-order valence-electron chi connectivity index (χ3n) is 6.10. The molecule has 2 heterocycles. The first-order valence-corrected chi connectivity index (χ1v) is 17.9. The zero-order valence-corrected chi connectivity index (χ0v) is 24.0. The van der Waals surface area contributed by atoms with E-state index in [9.17, 15) is 13.7 Å². The number of benzene rings is 2. The summed E-state index contributed by atoms with van der Waals surface area (Å²) in [5, 5.41) is 9.51. The average Bonchev–Trinajstić information content (AvgIpc) is 3.24. The second-order valence-corrected chi connectivity index (χ2v) is 18.1. The van der Waals surface area contributed by atoms with Crippen molar-refractivity contribution in [1.29, 1.82) is 5.26 Å². The largest absolute Gasteiger partial charge is 0.457 e. The topological polar surface area (TPSA) is 107 Å². The number of nitriles is 1. The lowest BCUT2D eigenvalue weighted by Gasteiger charge is -2.16. The molecule has 0 saturated carbocycles. The number of ether oxygens (including phenoxy) is 2. The van der Waals surface area contributed by atoms with Crippen LogP contribution in [0.15, 0.2) is 65.7 Å². The molecule has 198 valence electrons. The van der Waals surface area contributed by atoms with Crippen molar-refractivity contribution >= 4 is 28.9 Å². The van der Waals surface area contributed by atoms with Gasteiger partial charge in [0.05, 0.1) is 34.2 Å². The fourth-order valence-corrected chi connectivity index (χ4v) is 5.52. The van der Waals surface area contributed by atoms with E-state index < -0.39 is 17.9 Å². The van der Waals surface area contributed by atoms with E-state index in [1.807, 2.05) is 34.9 Å². The summed E-state index contributed by atoms with van der Waals surface area (Å²) < 4.78 is 38.5. The van der Waals surface area contributed by atoms with Crippen LogP contribution in [0.3, 0.4) is 0 Å². The second-order valence-electron chi connectivity index (χ2n) is 10.2. The van der Waals surface area contributed by atoms with Crippen LogP contribution in [-0.4, -0.2) is 43.4 Å². The monoisotopic (exact) mass is 548 g/mol. The van der Waals surface area contributed by atoms with Crippen LogP contribution in [0.25, 0.3) is 22.6 Å². The summed E-state index contributed by atoms with van der Waals surface area (Å²) in [7, 11) is -4.55. The fraction of sp³-hybridized carbons (Fsp3) is 0.321. The molecular formula is C28H32N4O4SSi. The van der Waals surface area contributed by atoms with E-state index in [0.29, 0.717) is 41.7 Å². The number of imidazole rings is 1. The van der Waals surface area contributed by atoms with Crippen LogP contribution >= 0.6 is 0 Å². The van der Waals surface area contributed by atoms with E-state index in [2.05, 4.69) is 30.7 Å². The van der Waals surface area contributed by atoms with Crippen molar-refractivity contribution in [2.24, 2.45) is 0 Å². The first kappa shape index (κ1) is 27.5. The molecule has 0 atom stereocenters. The van der Waals surface area contributed by atoms with Crippen LogP contribution in [0, 0.1) is 11.3 Å². The van der Waals surface area contributed by atoms with E-state index in [1.54, 1.807) is 25.3 Å². The number of nitrogens with zero attached hydrogens (tertiary/aromatic N) is 4. The minimum atomic E-state index is -3.31. The Morgan fingerprint density at radius 2 is 1.84 bits per heavy atom. The maximum Gasteiger partial charge on any atom is 0.178 e. The van der Waals surface area contributed by atoms with Gasteiger partial charge in [0.1, 0.15) is 23.9 Å². The predicted octanol–water partition coefficient (Wildman–Crippen LogP) is 6.06. The molecule has 0 radical (unpaired) electrons. The summed E-state index contributed by atoms with van der Waals surface area (Å²) in [6, 6.07) is 18.9. The molecule has 0 saturated heterocycles. The highest BCUT2D eigenvalue weighted by Crippen LogP contribution is 2.33. The van der Waals surface area contributed by atoms with Crippen LogP contribution in [0.5, 0.6) is 11.5 Å². The Kier molecular flexibility index (Phi) is 8.31. The van der Waals surface area contributed by atoms with Crippen molar-refractivity contribution < 1.29 is 17.9 Å². The Balaban J connectivity index is 1.72. The summed E-state index contributed by atoms with van der Waals surface area (Å²) >= 11 is 0. The Morgan fingerprint density at radius 3 is 2.47 bits per heavy atom. The number of hydrogen-bond acceptors (Lipinski definition) is 7. The number of sulfone groups is 1. The maximum absolute atomic E-state index is 12.1. The lowest BCUT2D eigenvalue weighted by molar-refractivity contribution is 0.0909. The van der Waals surface area contributed by atoms with Gasteiger partial charge in [-0.05, 0) is 48.5 Å². The fourth-order valence-electron chi connectivity index (χ4n) is 3.88. The first-order chi connectivity index (χ1) is 18.1. The summed E-state index contributed by atoms with van der Waals surface area (Å²) in [5.74, 6) is 1.65.